The van der Waals surface area contributed by atoms with Gasteiger partial charge in [0.2, 0.25) is 5.95 Å². The Morgan fingerprint density at radius 2 is 2.11 bits per heavy atom. The molecule has 0 aromatic carbocycles. The number of nitrogen functional groups attached to an aromatic ring is 1. The summed E-state index contributed by atoms with van der Waals surface area (Å²) in [7, 11) is 0. The van der Waals surface area contributed by atoms with Crippen molar-refractivity contribution in [2.24, 2.45) is 17.7 Å². The smallest absolute Gasteiger partial charge is 0.370 e. The average Bonchev–Trinajstić information content (AvgIpc) is 3.01. The molecule has 2 atom stereocenters. The molecule has 1 aromatic rings. The molecule has 100 valence electrons. The molecule has 2 unspecified atom stereocenters. The molecule has 0 spiro atoms. The maximum atomic E-state index is 12.6. The fourth-order valence-corrected chi connectivity index (χ4v) is 1.67. The Hall–Kier alpha value is -1.57. The zero-order valence-electron chi connectivity index (χ0n) is 9.75. The van der Waals surface area contributed by atoms with E-state index >= 15 is 0 Å². The molecular formula is C10H14F3N5. The number of aromatic nitrogens is 2. The number of rotatable bonds is 4. The summed E-state index contributed by atoms with van der Waals surface area (Å²) in [6.07, 6.45) is -3.43. The quantitative estimate of drug-likeness (QED) is 0.569. The van der Waals surface area contributed by atoms with E-state index in [1.54, 1.807) is 0 Å². The number of hydrazine groups is 1. The van der Waals surface area contributed by atoms with Gasteiger partial charge in [-0.2, -0.15) is 18.2 Å². The van der Waals surface area contributed by atoms with E-state index in [2.05, 4.69) is 22.2 Å². The molecule has 18 heavy (non-hydrogen) atoms. The summed E-state index contributed by atoms with van der Waals surface area (Å²) < 4.78 is 37.7. The van der Waals surface area contributed by atoms with Crippen molar-refractivity contribution in [1.29, 1.82) is 0 Å². The van der Waals surface area contributed by atoms with E-state index in [1.165, 1.54) is 0 Å². The highest BCUT2D eigenvalue weighted by molar-refractivity contribution is 5.42. The minimum Gasteiger partial charge on any atom is -0.370 e. The maximum absolute atomic E-state index is 12.6. The van der Waals surface area contributed by atoms with Crippen LogP contribution in [-0.4, -0.2) is 16.5 Å². The lowest BCUT2D eigenvalue weighted by Crippen LogP contribution is -2.17. The largest absolute Gasteiger partial charge is 0.433 e. The number of anilines is 2. The molecule has 1 aliphatic carbocycles. The third kappa shape index (κ3) is 3.00. The van der Waals surface area contributed by atoms with Gasteiger partial charge in [0.15, 0.2) is 5.69 Å². The Kier molecular flexibility index (Phi) is 3.29. The summed E-state index contributed by atoms with van der Waals surface area (Å²) in [5, 5.41) is 2.88. The number of nitrogens with one attached hydrogen (secondary N) is 2. The molecule has 1 heterocycles. The monoisotopic (exact) mass is 261 g/mol. The first-order valence-corrected chi connectivity index (χ1v) is 5.57. The van der Waals surface area contributed by atoms with E-state index in [1.807, 2.05) is 5.43 Å². The molecule has 0 bridgehead atoms. The lowest BCUT2D eigenvalue weighted by molar-refractivity contribution is -0.141. The van der Waals surface area contributed by atoms with Crippen LogP contribution in [0.15, 0.2) is 6.07 Å². The second kappa shape index (κ2) is 4.60. The van der Waals surface area contributed by atoms with E-state index in [-0.39, 0.29) is 11.8 Å². The Labute approximate surface area is 102 Å². The molecule has 0 aliphatic heterocycles. The Bertz CT molecular complexity index is 434. The van der Waals surface area contributed by atoms with Crippen LogP contribution in [0.5, 0.6) is 0 Å². The normalized spacial score (nSPS) is 22.7. The van der Waals surface area contributed by atoms with Crippen LogP contribution in [0.25, 0.3) is 0 Å². The minimum atomic E-state index is -4.52. The Morgan fingerprint density at radius 1 is 1.44 bits per heavy atom. The van der Waals surface area contributed by atoms with E-state index < -0.39 is 11.9 Å². The fraction of sp³-hybridized carbons (Fsp3) is 0.600. The van der Waals surface area contributed by atoms with Crippen LogP contribution >= 0.6 is 0 Å². The Morgan fingerprint density at radius 3 is 2.61 bits per heavy atom. The zero-order valence-corrected chi connectivity index (χ0v) is 9.75. The van der Waals surface area contributed by atoms with Gasteiger partial charge in [-0.1, -0.05) is 6.92 Å². The molecule has 4 N–H and O–H groups in total. The van der Waals surface area contributed by atoms with E-state index in [0.29, 0.717) is 18.4 Å². The first kappa shape index (κ1) is 12.9. The second-order valence-electron chi connectivity index (χ2n) is 4.46. The van der Waals surface area contributed by atoms with E-state index in [4.69, 9.17) is 5.84 Å². The molecule has 1 aromatic heterocycles. The summed E-state index contributed by atoms with van der Waals surface area (Å²) in [6.45, 7) is 2.71. The van der Waals surface area contributed by atoms with Gasteiger partial charge in [0.1, 0.15) is 5.82 Å². The van der Waals surface area contributed by atoms with Gasteiger partial charge in [-0.25, -0.2) is 10.8 Å². The van der Waals surface area contributed by atoms with E-state index in [9.17, 15) is 13.2 Å². The summed E-state index contributed by atoms with van der Waals surface area (Å²) in [5.41, 5.74) is 1.01. The van der Waals surface area contributed by atoms with Gasteiger partial charge >= 0.3 is 6.18 Å². The van der Waals surface area contributed by atoms with Crippen molar-refractivity contribution in [2.45, 2.75) is 19.5 Å². The van der Waals surface area contributed by atoms with Crippen LogP contribution in [-0.2, 0) is 6.18 Å². The van der Waals surface area contributed by atoms with Crippen molar-refractivity contribution in [3.63, 3.8) is 0 Å². The van der Waals surface area contributed by atoms with Gasteiger partial charge in [-0.3, -0.25) is 5.43 Å². The Balaban J connectivity index is 2.13. The number of hydrogen-bond acceptors (Lipinski definition) is 5. The second-order valence-corrected chi connectivity index (χ2v) is 4.46. The number of hydrogen-bond donors (Lipinski definition) is 3. The van der Waals surface area contributed by atoms with Crippen LogP contribution < -0.4 is 16.6 Å². The lowest BCUT2D eigenvalue weighted by Gasteiger charge is -2.11. The van der Waals surface area contributed by atoms with Crippen molar-refractivity contribution in [3.05, 3.63) is 11.8 Å². The van der Waals surface area contributed by atoms with Gasteiger partial charge in [-0.15, -0.1) is 0 Å². The van der Waals surface area contributed by atoms with Gasteiger partial charge in [0.05, 0.1) is 0 Å². The molecule has 5 nitrogen and oxygen atoms in total. The lowest BCUT2D eigenvalue weighted by atomic mass is 10.3. The molecular weight excluding hydrogens is 247 g/mol. The van der Waals surface area contributed by atoms with Crippen LogP contribution in [0.1, 0.15) is 19.0 Å². The SMILES string of the molecule is CC1CC1CNc1cc(C(F)(F)F)nc(NN)n1. The highest BCUT2D eigenvalue weighted by atomic mass is 19.4. The van der Waals surface area contributed by atoms with Crippen molar-refractivity contribution < 1.29 is 13.2 Å². The van der Waals surface area contributed by atoms with Crippen molar-refractivity contribution in [2.75, 3.05) is 17.3 Å². The molecule has 0 radical (unpaired) electrons. The van der Waals surface area contributed by atoms with Crippen molar-refractivity contribution in [3.8, 4) is 0 Å². The van der Waals surface area contributed by atoms with Crippen LogP contribution in [0.4, 0.5) is 24.9 Å². The summed E-state index contributed by atoms with van der Waals surface area (Å²) in [6, 6.07) is 0.883. The fourth-order valence-electron chi connectivity index (χ4n) is 1.67. The first-order valence-electron chi connectivity index (χ1n) is 5.57. The highest BCUT2D eigenvalue weighted by Crippen LogP contribution is 2.37. The summed E-state index contributed by atoms with van der Waals surface area (Å²) in [5.74, 6) is 6.05. The molecule has 1 saturated carbocycles. The van der Waals surface area contributed by atoms with Crippen molar-refractivity contribution in [1.82, 2.24) is 9.97 Å². The van der Waals surface area contributed by atoms with Crippen LogP contribution in [0, 0.1) is 11.8 Å². The summed E-state index contributed by atoms with van der Waals surface area (Å²) in [4.78, 5) is 7.10. The first-order chi connectivity index (χ1) is 8.40. The third-order valence-corrected chi connectivity index (χ3v) is 2.97. The van der Waals surface area contributed by atoms with Gasteiger partial charge in [-0.05, 0) is 18.3 Å². The zero-order chi connectivity index (χ0) is 13.3. The van der Waals surface area contributed by atoms with Gasteiger partial charge in [0.25, 0.3) is 0 Å². The third-order valence-electron chi connectivity index (χ3n) is 2.97. The van der Waals surface area contributed by atoms with E-state index in [0.717, 1.165) is 12.5 Å². The molecule has 0 saturated heterocycles. The highest BCUT2D eigenvalue weighted by Gasteiger charge is 2.35. The van der Waals surface area contributed by atoms with Gasteiger partial charge < -0.3 is 5.32 Å². The van der Waals surface area contributed by atoms with Gasteiger partial charge in [0, 0.05) is 12.6 Å². The molecule has 0 amide bonds. The molecule has 1 fully saturated rings. The van der Waals surface area contributed by atoms with Crippen molar-refractivity contribution >= 4 is 11.8 Å². The predicted molar refractivity (Wildman–Crippen MR) is 60.6 cm³/mol. The van der Waals surface area contributed by atoms with Crippen LogP contribution in [0.3, 0.4) is 0 Å². The maximum Gasteiger partial charge on any atom is 0.433 e. The molecule has 1 aliphatic rings. The average molecular weight is 261 g/mol. The number of halogens is 3. The molecule has 8 heteroatoms. The summed E-state index contributed by atoms with van der Waals surface area (Å²) >= 11 is 0. The number of nitrogens with two attached hydrogens (primary N) is 1. The minimum absolute atomic E-state index is 0.129. The number of alkyl halides is 3. The topological polar surface area (TPSA) is 75.9 Å². The van der Waals surface area contributed by atoms with Crippen LogP contribution in [0.2, 0.25) is 0 Å². The predicted octanol–water partition coefficient (Wildman–Crippen LogP) is 1.85. The standard InChI is InChI=1S/C10H14F3N5/c1-5-2-6(5)4-15-8-3-7(10(11,12)13)16-9(17-8)18-14/h3,5-6H,2,4,14H2,1H3,(H2,15,16,17,18). The number of nitrogens with zero attached hydrogens (tertiary/aromatic N) is 2. The molecule has 2 rings (SSSR count).